The summed E-state index contributed by atoms with van der Waals surface area (Å²) in [6, 6.07) is 6.39. The van der Waals surface area contributed by atoms with Gasteiger partial charge in [0, 0.05) is 5.54 Å². The van der Waals surface area contributed by atoms with Crippen LogP contribution in [0.5, 0.6) is 5.75 Å². The molecular formula is C18H28N2O4. The fourth-order valence-electron chi connectivity index (χ4n) is 3.27. The Bertz CT molecular complexity index is 583. The van der Waals surface area contributed by atoms with E-state index in [0.717, 1.165) is 18.4 Å². The first kappa shape index (κ1) is 18.7. The fraction of sp³-hybridized carbons (Fsp3) is 0.611. The molecular weight excluding hydrogens is 308 g/mol. The van der Waals surface area contributed by atoms with Gasteiger partial charge in [0.05, 0.1) is 5.54 Å². The summed E-state index contributed by atoms with van der Waals surface area (Å²) in [7, 11) is 0. The Morgan fingerprint density at radius 2 is 1.92 bits per heavy atom. The summed E-state index contributed by atoms with van der Waals surface area (Å²) < 4.78 is 6.09. The van der Waals surface area contributed by atoms with E-state index < -0.39 is 17.6 Å². The van der Waals surface area contributed by atoms with Crippen LogP contribution in [0, 0.1) is 0 Å². The number of aliphatic carboxylic acids is 1. The van der Waals surface area contributed by atoms with Gasteiger partial charge in [-0.3, -0.25) is 4.79 Å². The summed E-state index contributed by atoms with van der Waals surface area (Å²) in [5.41, 5.74) is 5.61. The highest BCUT2D eigenvalue weighted by Crippen LogP contribution is 2.38. The van der Waals surface area contributed by atoms with Crippen molar-refractivity contribution in [3.8, 4) is 5.75 Å². The molecule has 0 aromatic heterocycles. The Morgan fingerprint density at radius 3 is 2.46 bits per heavy atom. The summed E-state index contributed by atoms with van der Waals surface area (Å²) in [6.07, 6.45) is 1.83. The second kappa shape index (κ2) is 6.70. The van der Waals surface area contributed by atoms with Crippen molar-refractivity contribution >= 4 is 5.97 Å². The zero-order chi connectivity index (χ0) is 18.1. The van der Waals surface area contributed by atoms with Crippen LogP contribution in [0.2, 0.25) is 0 Å². The number of ether oxygens (including phenoxy) is 1. The van der Waals surface area contributed by atoms with E-state index in [9.17, 15) is 10.0 Å². The molecule has 1 heterocycles. The summed E-state index contributed by atoms with van der Waals surface area (Å²) in [6.45, 7) is 7.98. The third-order valence-electron chi connectivity index (χ3n) is 4.90. The van der Waals surface area contributed by atoms with Gasteiger partial charge < -0.3 is 20.8 Å². The van der Waals surface area contributed by atoms with Gasteiger partial charge in [-0.25, -0.2) is 0 Å². The second-order valence-corrected chi connectivity index (χ2v) is 7.72. The molecule has 0 amide bonds. The van der Waals surface area contributed by atoms with Crippen LogP contribution >= 0.6 is 0 Å². The average molecular weight is 336 g/mol. The second-order valence-electron chi connectivity index (χ2n) is 7.72. The quantitative estimate of drug-likeness (QED) is 0.764. The molecule has 0 aliphatic carbocycles. The number of hydroxylamine groups is 2. The lowest BCUT2D eigenvalue weighted by Gasteiger charge is -2.52. The first-order valence-electron chi connectivity index (χ1n) is 8.27. The summed E-state index contributed by atoms with van der Waals surface area (Å²) in [5, 5.41) is 20.8. The molecule has 134 valence electrons. The van der Waals surface area contributed by atoms with Crippen LogP contribution in [0.25, 0.3) is 0 Å². The third kappa shape index (κ3) is 3.88. The van der Waals surface area contributed by atoms with Crippen molar-refractivity contribution in [3.63, 3.8) is 0 Å². The van der Waals surface area contributed by atoms with E-state index in [-0.39, 0.29) is 18.1 Å². The smallest absolute Gasteiger partial charge is 0.320 e. The van der Waals surface area contributed by atoms with Crippen LogP contribution in [-0.4, -0.2) is 44.6 Å². The van der Waals surface area contributed by atoms with Crippen molar-refractivity contribution in [1.82, 2.24) is 5.06 Å². The number of nitrogens with two attached hydrogens (primary N) is 1. The number of hydrogen-bond acceptors (Lipinski definition) is 5. The number of piperidine rings is 1. The molecule has 0 radical (unpaired) electrons. The molecule has 1 aromatic rings. The zero-order valence-electron chi connectivity index (χ0n) is 14.8. The van der Waals surface area contributed by atoms with Gasteiger partial charge in [0.25, 0.3) is 0 Å². The van der Waals surface area contributed by atoms with Gasteiger partial charge in [-0.15, -0.1) is 0 Å². The van der Waals surface area contributed by atoms with Gasteiger partial charge in [-0.2, -0.15) is 5.06 Å². The number of hydrogen-bond donors (Lipinski definition) is 3. The molecule has 1 saturated heterocycles. The van der Waals surface area contributed by atoms with E-state index in [0.29, 0.717) is 5.75 Å². The topological polar surface area (TPSA) is 96.0 Å². The van der Waals surface area contributed by atoms with Gasteiger partial charge in [0.15, 0.2) is 0 Å². The molecule has 1 aliphatic heterocycles. The molecule has 4 N–H and O–H groups in total. The number of carboxylic acids is 1. The molecule has 0 bridgehead atoms. The molecule has 0 saturated carbocycles. The van der Waals surface area contributed by atoms with E-state index in [1.165, 1.54) is 5.06 Å². The van der Waals surface area contributed by atoms with Crippen LogP contribution in [0.1, 0.15) is 46.1 Å². The predicted octanol–water partition coefficient (Wildman–Crippen LogP) is 2.43. The molecule has 2 atom stereocenters. The third-order valence-corrected chi connectivity index (χ3v) is 4.90. The van der Waals surface area contributed by atoms with Crippen molar-refractivity contribution in [2.75, 3.05) is 0 Å². The van der Waals surface area contributed by atoms with Gasteiger partial charge in [-0.05, 0) is 64.7 Å². The standard InChI is InChI=1S/C18H28N2O4/c1-17(2)10-9-15(18(3,4)20(17)23)24-13-7-5-12(6-8-13)11-14(19)16(21)22/h5-8,14-15,23H,9-11,19H2,1-4H3,(H,21,22). The lowest BCUT2D eigenvalue weighted by Crippen LogP contribution is -2.64. The fourth-order valence-corrected chi connectivity index (χ4v) is 3.27. The van der Waals surface area contributed by atoms with Crippen LogP contribution < -0.4 is 10.5 Å². The highest BCUT2D eigenvalue weighted by atomic mass is 16.5. The summed E-state index contributed by atoms with van der Waals surface area (Å²) in [4.78, 5) is 10.8. The molecule has 24 heavy (non-hydrogen) atoms. The minimum atomic E-state index is -1.01. The lowest BCUT2D eigenvalue weighted by atomic mass is 9.80. The highest BCUT2D eigenvalue weighted by Gasteiger charge is 2.48. The van der Waals surface area contributed by atoms with Crippen LogP contribution in [0.4, 0.5) is 0 Å². The average Bonchev–Trinajstić information content (AvgIpc) is 2.50. The zero-order valence-corrected chi connectivity index (χ0v) is 14.8. The van der Waals surface area contributed by atoms with Crippen LogP contribution in [-0.2, 0) is 11.2 Å². The first-order chi connectivity index (χ1) is 11.0. The van der Waals surface area contributed by atoms with Crippen LogP contribution in [0.15, 0.2) is 24.3 Å². The Labute approximate surface area is 143 Å². The van der Waals surface area contributed by atoms with E-state index in [2.05, 4.69) is 0 Å². The van der Waals surface area contributed by atoms with E-state index >= 15 is 0 Å². The maximum Gasteiger partial charge on any atom is 0.320 e. The largest absolute Gasteiger partial charge is 0.488 e. The monoisotopic (exact) mass is 336 g/mol. The van der Waals surface area contributed by atoms with Gasteiger partial charge in [0.2, 0.25) is 0 Å². The summed E-state index contributed by atoms with van der Waals surface area (Å²) in [5.74, 6) is -0.307. The Morgan fingerprint density at radius 1 is 1.33 bits per heavy atom. The van der Waals surface area contributed by atoms with E-state index in [4.69, 9.17) is 15.6 Å². The first-order valence-corrected chi connectivity index (χ1v) is 8.27. The van der Waals surface area contributed by atoms with E-state index in [1.807, 2.05) is 52.0 Å². The van der Waals surface area contributed by atoms with Gasteiger partial charge in [-0.1, -0.05) is 12.1 Å². The van der Waals surface area contributed by atoms with Gasteiger partial charge >= 0.3 is 5.97 Å². The predicted molar refractivity (Wildman–Crippen MR) is 91.2 cm³/mol. The maximum absolute atomic E-state index is 10.8. The number of carboxylic acid groups (broad SMARTS) is 1. The van der Waals surface area contributed by atoms with Crippen molar-refractivity contribution in [2.24, 2.45) is 5.73 Å². The molecule has 1 fully saturated rings. The molecule has 2 unspecified atom stereocenters. The Hall–Kier alpha value is -1.63. The molecule has 6 heteroatoms. The Balaban J connectivity index is 2.05. The number of benzene rings is 1. The molecule has 0 spiro atoms. The van der Waals surface area contributed by atoms with Gasteiger partial charge in [0.1, 0.15) is 17.9 Å². The molecule has 2 rings (SSSR count). The summed E-state index contributed by atoms with van der Waals surface area (Å²) >= 11 is 0. The minimum absolute atomic E-state index is 0.136. The van der Waals surface area contributed by atoms with Crippen molar-refractivity contribution in [3.05, 3.63) is 29.8 Å². The van der Waals surface area contributed by atoms with Crippen molar-refractivity contribution in [1.29, 1.82) is 0 Å². The molecule has 1 aromatic carbocycles. The molecule has 6 nitrogen and oxygen atoms in total. The molecule has 1 aliphatic rings. The number of carbonyl (C=O) groups is 1. The number of rotatable bonds is 5. The van der Waals surface area contributed by atoms with Crippen molar-refractivity contribution in [2.45, 2.75) is 70.2 Å². The lowest BCUT2D eigenvalue weighted by molar-refractivity contribution is -0.265. The highest BCUT2D eigenvalue weighted by molar-refractivity contribution is 5.73. The maximum atomic E-state index is 10.8. The normalized spacial score (nSPS) is 24.3. The Kier molecular flexibility index (Phi) is 5.22. The number of nitrogens with zero attached hydrogens (tertiary/aromatic N) is 1. The van der Waals surface area contributed by atoms with Crippen molar-refractivity contribution < 1.29 is 19.8 Å². The minimum Gasteiger partial charge on any atom is -0.488 e. The van der Waals surface area contributed by atoms with E-state index in [1.54, 1.807) is 0 Å². The van der Waals surface area contributed by atoms with Crippen LogP contribution in [0.3, 0.4) is 0 Å². The SMILES string of the molecule is CC1(C)CCC(Oc2ccc(CC(N)C(=O)O)cc2)C(C)(C)N1O.